The number of hydrogen-bond donors (Lipinski definition) is 1. The van der Waals surface area contributed by atoms with Crippen LogP contribution in [0.25, 0.3) is 0 Å². The van der Waals surface area contributed by atoms with Gasteiger partial charge in [-0.15, -0.1) is 0 Å². The number of aryl methyl sites for hydroxylation is 1. The van der Waals surface area contributed by atoms with E-state index in [-0.39, 0.29) is 6.54 Å². The van der Waals surface area contributed by atoms with E-state index >= 15 is 0 Å². The number of halogens is 2. The molecule has 1 atom stereocenters. The van der Waals surface area contributed by atoms with Gasteiger partial charge in [-0.25, -0.2) is 8.78 Å². The van der Waals surface area contributed by atoms with Crippen LogP contribution in [0.5, 0.6) is 0 Å². The predicted molar refractivity (Wildman–Crippen MR) is 66.8 cm³/mol. The van der Waals surface area contributed by atoms with Crippen LogP contribution >= 0.6 is 0 Å². The summed E-state index contributed by atoms with van der Waals surface area (Å²) in [5, 5.41) is 9.67. The minimum absolute atomic E-state index is 0.0123. The van der Waals surface area contributed by atoms with Gasteiger partial charge in [-0.1, -0.05) is 18.2 Å². The van der Waals surface area contributed by atoms with Gasteiger partial charge in [0.25, 0.3) is 6.43 Å². The van der Waals surface area contributed by atoms with Crippen molar-refractivity contribution < 1.29 is 13.9 Å². The number of aliphatic hydroxyl groups is 1. The smallest absolute Gasteiger partial charge is 0.267 e. The first kappa shape index (κ1) is 13.4. The Labute approximate surface area is 106 Å². The molecule has 0 radical (unpaired) electrons. The van der Waals surface area contributed by atoms with Gasteiger partial charge in [0.15, 0.2) is 0 Å². The van der Waals surface area contributed by atoms with Gasteiger partial charge in [0.1, 0.15) is 5.60 Å². The molecule has 0 saturated carbocycles. The van der Waals surface area contributed by atoms with Crippen LogP contribution in [0.4, 0.5) is 8.78 Å². The van der Waals surface area contributed by atoms with Gasteiger partial charge < -0.3 is 5.11 Å². The van der Waals surface area contributed by atoms with Gasteiger partial charge in [0, 0.05) is 19.6 Å². The van der Waals surface area contributed by atoms with Crippen LogP contribution in [0.3, 0.4) is 0 Å². The maximum Gasteiger partial charge on any atom is 0.267 e. The van der Waals surface area contributed by atoms with E-state index in [0.29, 0.717) is 6.54 Å². The lowest BCUT2D eigenvalue weighted by Crippen LogP contribution is -2.47. The second kappa shape index (κ2) is 4.94. The molecule has 1 aliphatic rings. The first-order valence-electron chi connectivity index (χ1n) is 6.20. The highest BCUT2D eigenvalue weighted by molar-refractivity contribution is 5.36. The van der Waals surface area contributed by atoms with Crippen LogP contribution in [-0.4, -0.2) is 35.1 Å². The topological polar surface area (TPSA) is 23.5 Å². The average molecular weight is 255 g/mol. The van der Waals surface area contributed by atoms with Gasteiger partial charge in [-0.05, 0) is 37.0 Å². The van der Waals surface area contributed by atoms with E-state index < -0.39 is 12.0 Å². The normalized spacial score (nSPS) is 19.7. The molecule has 1 unspecified atom stereocenters. The van der Waals surface area contributed by atoms with Crippen molar-refractivity contribution in [3.8, 4) is 0 Å². The number of β-amino-alcohol motifs (C(OH)–C–C–N with tert-alkyl or cyclic N) is 1. The molecule has 1 aromatic rings. The Bertz CT molecular complexity index is 432. The molecule has 1 heterocycles. The van der Waals surface area contributed by atoms with Crippen LogP contribution in [0, 0.1) is 6.92 Å². The maximum absolute atomic E-state index is 12.7. The maximum atomic E-state index is 12.7. The molecule has 4 heteroatoms. The third-order valence-corrected chi connectivity index (χ3v) is 3.60. The van der Waals surface area contributed by atoms with Gasteiger partial charge in [0.05, 0.1) is 0 Å². The Kier molecular flexibility index (Phi) is 3.69. The van der Waals surface area contributed by atoms with Crippen molar-refractivity contribution in [1.82, 2.24) is 4.90 Å². The van der Waals surface area contributed by atoms with Crippen molar-refractivity contribution >= 4 is 0 Å². The Balaban J connectivity index is 2.11. The Morgan fingerprint density at radius 1 is 1.44 bits per heavy atom. The van der Waals surface area contributed by atoms with Gasteiger partial charge in [0.2, 0.25) is 0 Å². The summed E-state index contributed by atoms with van der Waals surface area (Å²) in [6.45, 7) is 4.61. The fourth-order valence-corrected chi connectivity index (χ4v) is 2.46. The van der Waals surface area contributed by atoms with E-state index in [0.717, 1.165) is 13.0 Å². The molecule has 0 fully saturated rings. The van der Waals surface area contributed by atoms with Crippen molar-refractivity contribution in [2.24, 2.45) is 0 Å². The van der Waals surface area contributed by atoms with Gasteiger partial charge in [-0.2, -0.15) is 0 Å². The zero-order valence-corrected chi connectivity index (χ0v) is 10.8. The largest absolute Gasteiger partial charge is 0.383 e. The first-order valence-corrected chi connectivity index (χ1v) is 6.20. The molecule has 0 saturated heterocycles. The van der Waals surface area contributed by atoms with Crippen LogP contribution in [0.2, 0.25) is 0 Å². The summed E-state index contributed by atoms with van der Waals surface area (Å²) < 4.78 is 25.3. The third kappa shape index (κ3) is 2.70. The molecular weight excluding hydrogens is 236 g/mol. The van der Waals surface area contributed by atoms with E-state index in [1.165, 1.54) is 23.6 Å². The van der Waals surface area contributed by atoms with E-state index in [4.69, 9.17) is 0 Å². The first-order chi connectivity index (χ1) is 8.40. The fraction of sp³-hybridized carbons (Fsp3) is 0.571. The van der Waals surface area contributed by atoms with Crippen molar-refractivity contribution in [2.75, 3.05) is 13.1 Å². The molecular formula is C14H19F2NO. The van der Waals surface area contributed by atoms with Crippen molar-refractivity contribution in [2.45, 2.75) is 38.8 Å². The summed E-state index contributed by atoms with van der Waals surface area (Å²) in [4.78, 5) is 1.90. The summed E-state index contributed by atoms with van der Waals surface area (Å²) in [7, 11) is 0. The minimum atomic E-state index is -2.71. The molecule has 1 aromatic carbocycles. The summed E-state index contributed by atoms with van der Waals surface area (Å²) in [6, 6.07) is 6.15. The molecule has 18 heavy (non-hydrogen) atoms. The monoisotopic (exact) mass is 255 g/mol. The number of rotatable bonds is 3. The predicted octanol–water partition coefficient (Wildman–Crippen LogP) is 2.37. The molecule has 1 aliphatic heterocycles. The summed E-state index contributed by atoms with van der Waals surface area (Å²) in [5.41, 5.74) is 1.77. The summed E-state index contributed by atoms with van der Waals surface area (Å²) in [6.07, 6.45) is -1.85. The Morgan fingerprint density at radius 3 is 2.83 bits per heavy atom. The molecule has 100 valence electrons. The molecule has 1 N–H and O–H groups in total. The minimum Gasteiger partial charge on any atom is -0.383 e. The van der Waals surface area contributed by atoms with Gasteiger partial charge in [-0.3, -0.25) is 4.90 Å². The standard InChI is InChI=1S/C14H19F2NO/c1-10-4-3-5-11-6-7-17(8-12(10)11)9-14(2,18)13(15)16/h3-5,13,18H,6-9H2,1-2H3. The molecule has 0 amide bonds. The number of fused-ring (bicyclic) bond motifs is 1. The van der Waals surface area contributed by atoms with Crippen molar-refractivity contribution in [1.29, 1.82) is 0 Å². The second-order valence-corrected chi connectivity index (χ2v) is 5.33. The lowest BCUT2D eigenvalue weighted by molar-refractivity contribution is -0.101. The van der Waals surface area contributed by atoms with E-state index in [9.17, 15) is 13.9 Å². The molecule has 2 nitrogen and oxygen atoms in total. The van der Waals surface area contributed by atoms with Crippen LogP contribution in [-0.2, 0) is 13.0 Å². The van der Waals surface area contributed by atoms with Crippen molar-refractivity contribution in [3.63, 3.8) is 0 Å². The highest BCUT2D eigenvalue weighted by atomic mass is 19.3. The number of hydrogen-bond acceptors (Lipinski definition) is 2. The Morgan fingerprint density at radius 2 is 2.17 bits per heavy atom. The SMILES string of the molecule is Cc1cccc2c1CN(CC(C)(O)C(F)F)CC2. The Hall–Kier alpha value is -1.00. The number of nitrogens with zero attached hydrogens (tertiary/aromatic N) is 1. The summed E-state index contributed by atoms with van der Waals surface area (Å²) in [5.74, 6) is 0. The molecule has 0 bridgehead atoms. The van der Waals surface area contributed by atoms with Crippen LogP contribution in [0.15, 0.2) is 18.2 Å². The van der Waals surface area contributed by atoms with E-state index in [1.54, 1.807) is 0 Å². The zero-order chi connectivity index (χ0) is 13.3. The molecule has 0 aromatic heterocycles. The zero-order valence-electron chi connectivity index (χ0n) is 10.8. The second-order valence-electron chi connectivity index (χ2n) is 5.33. The molecule has 0 aliphatic carbocycles. The molecule has 2 rings (SSSR count). The summed E-state index contributed by atoms with van der Waals surface area (Å²) >= 11 is 0. The lowest BCUT2D eigenvalue weighted by Gasteiger charge is -2.35. The highest BCUT2D eigenvalue weighted by Crippen LogP contribution is 2.25. The fourth-order valence-electron chi connectivity index (χ4n) is 2.46. The molecule has 0 spiro atoms. The van der Waals surface area contributed by atoms with E-state index in [1.807, 2.05) is 24.0 Å². The number of alkyl halides is 2. The average Bonchev–Trinajstić information content (AvgIpc) is 2.29. The van der Waals surface area contributed by atoms with Crippen molar-refractivity contribution in [3.05, 3.63) is 34.9 Å². The lowest BCUT2D eigenvalue weighted by atomic mass is 9.94. The quantitative estimate of drug-likeness (QED) is 0.896. The van der Waals surface area contributed by atoms with Crippen LogP contribution in [0.1, 0.15) is 23.6 Å². The number of benzene rings is 1. The van der Waals surface area contributed by atoms with E-state index in [2.05, 4.69) is 6.07 Å². The van der Waals surface area contributed by atoms with Gasteiger partial charge >= 0.3 is 0 Å². The van der Waals surface area contributed by atoms with Crippen LogP contribution < -0.4 is 0 Å². The third-order valence-electron chi connectivity index (χ3n) is 3.60. The highest BCUT2D eigenvalue weighted by Gasteiger charge is 2.35.